The van der Waals surface area contributed by atoms with Gasteiger partial charge in [0.05, 0.1) is 5.02 Å². The van der Waals surface area contributed by atoms with Crippen molar-refractivity contribution in [1.29, 1.82) is 0 Å². The Hall–Kier alpha value is 0.270. The maximum atomic E-state index is 6.10. The molecule has 1 heterocycles. The summed E-state index contributed by atoms with van der Waals surface area (Å²) in [4.78, 5) is 4.32. The van der Waals surface area contributed by atoms with Crippen molar-refractivity contribution in [3.05, 3.63) is 21.8 Å². The first-order chi connectivity index (χ1) is 7.25. The highest BCUT2D eigenvalue weighted by Gasteiger charge is 2.16. The van der Waals surface area contributed by atoms with Crippen molar-refractivity contribution in [3.63, 3.8) is 0 Å². The van der Waals surface area contributed by atoms with Crippen LogP contribution in [0, 0.1) is 5.92 Å². The van der Waals surface area contributed by atoms with Gasteiger partial charge in [0.15, 0.2) is 0 Å². The molecule has 2 rings (SSSR count). The minimum atomic E-state index is 0.757. The van der Waals surface area contributed by atoms with E-state index >= 15 is 0 Å². The Labute approximate surface area is 108 Å². The minimum Gasteiger partial charge on any atom is -0.247 e. The summed E-state index contributed by atoms with van der Waals surface area (Å²) >= 11 is 11.2. The number of hydrogen-bond donors (Lipinski definition) is 0. The Morgan fingerprint density at radius 1 is 1.47 bits per heavy atom. The van der Waals surface area contributed by atoms with Crippen LogP contribution in [0.15, 0.2) is 21.8 Å². The van der Waals surface area contributed by atoms with Gasteiger partial charge in [0.2, 0.25) is 0 Å². The van der Waals surface area contributed by atoms with E-state index in [1.165, 1.54) is 25.7 Å². The van der Waals surface area contributed by atoms with Crippen LogP contribution in [-0.2, 0) is 0 Å². The minimum absolute atomic E-state index is 0.757. The number of rotatable bonds is 3. The molecule has 15 heavy (non-hydrogen) atoms. The van der Waals surface area contributed by atoms with Gasteiger partial charge in [-0.25, -0.2) is 4.98 Å². The molecule has 0 unspecified atom stereocenters. The zero-order valence-electron chi connectivity index (χ0n) is 8.38. The first kappa shape index (κ1) is 11.7. The zero-order valence-corrected chi connectivity index (χ0v) is 11.5. The van der Waals surface area contributed by atoms with Crippen LogP contribution in [0.25, 0.3) is 0 Å². The number of aromatic nitrogens is 1. The standard InChI is InChI=1S/C11H13BrClNS/c12-9-5-10(13)11(14-6-9)15-7-8-3-1-2-4-8/h5-6,8H,1-4,7H2. The summed E-state index contributed by atoms with van der Waals surface area (Å²) in [7, 11) is 0. The molecule has 0 aliphatic heterocycles. The van der Waals surface area contributed by atoms with Gasteiger partial charge in [-0.05, 0) is 40.8 Å². The van der Waals surface area contributed by atoms with Gasteiger partial charge < -0.3 is 0 Å². The molecule has 1 nitrogen and oxygen atoms in total. The van der Waals surface area contributed by atoms with Crippen LogP contribution >= 0.6 is 39.3 Å². The topological polar surface area (TPSA) is 12.9 Å². The van der Waals surface area contributed by atoms with Gasteiger partial charge in [-0.2, -0.15) is 0 Å². The third-order valence-corrected chi connectivity index (χ3v) is 4.78. The smallest absolute Gasteiger partial charge is 0.115 e. The van der Waals surface area contributed by atoms with Gasteiger partial charge in [0.25, 0.3) is 0 Å². The summed E-state index contributed by atoms with van der Waals surface area (Å²) in [6.45, 7) is 0. The predicted octanol–water partition coefficient (Wildman–Crippen LogP) is 4.78. The Balaban J connectivity index is 1.92. The third-order valence-electron chi connectivity index (χ3n) is 2.70. The van der Waals surface area contributed by atoms with Crippen molar-refractivity contribution in [2.45, 2.75) is 30.7 Å². The highest BCUT2D eigenvalue weighted by molar-refractivity contribution is 9.10. The Kier molecular flexibility index (Phi) is 4.35. The van der Waals surface area contributed by atoms with Crippen molar-refractivity contribution in [3.8, 4) is 0 Å². The van der Waals surface area contributed by atoms with Crippen molar-refractivity contribution < 1.29 is 0 Å². The number of pyridine rings is 1. The zero-order chi connectivity index (χ0) is 10.7. The van der Waals surface area contributed by atoms with Crippen molar-refractivity contribution in [2.24, 2.45) is 5.92 Å². The molecule has 1 aliphatic carbocycles. The van der Waals surface area contributed by atoms with Gasteiger partial charge in [-0.1, -0.05) is 24.4 Å². The van der Waals surface area contributed by atoms with Crippen LogP contribution in [0.4, 0.5) is 0 Å². The third kappa shape index (κ3) is 3.36. The number of thioether (sulfide) groups is 1. The number of nitrogens with zero attached hydrogens (tertiary/aromatic N) is 1. The maximum absolute atomic E-state index is 6.10. The Bertz CT molecular complexity index is 339. The highest BCUT2D eigenvalue weighted by atomic mass is 79.9. The maximum Gasteiger partial charge on any atom is 0.115 e. The molecule has 0 spiro atoms. The van der Waals surface area contributed by atoms with Gasteiger partial charge in [-0.3, -0.25) is 0 Å². The Morgan fingerprint density at radius 2 is 2.20 bits per heavy atom. The lowest BCUT2D eigenvalue weighted by molar-refractivity contribution is 0.623. The van der Waals surface area contributed by atoms with Gasteiger partial charge >= 0.3 is 0 Å². The average Bonchev–Trinajstić information content (AvgIpc) is 2.69. The van der Waals surface area contributed by atoms with Crippen LogP contribution in [0.2, 0.25) is 5.02 Å². The molecule has 0 amide bonds. The molecule has 0 atom stereocenters. The van der Waals surface area contributed by atoms with Crippen LogP contribution in [0.1, 0.15) is 25.7 Å². The van der Waals surface area contributed by atoms with Crippen LogP contribution < -0.4 is 0 Å². The Morgan fingerprint density at radius 3 is 2.87 bits per heavy atom. The predicted molar refractivity (Wildman–Crippen MR) is 69.6 cm³/mol. The lowest BCUT2D eigenvalue weighted by Gasteiger charge is -2.08. The largest absolute Gasteiger partial charge is 0.247 e. The van der Waals surface area contributed by atoms with Crippen molar-refractivity contribution in [2.75, 3.05) is 5.75 Å². The van der Waals surface area contributed by atoms with E-state index in [2.05, 4.69) is 20.9 Å². The van der Waals surface area contributed by atoms with E-state index in [-0.39, 0.29) is 0 Å². The second-order valence-electron chi connectivity index (χ2n) is 3.90. The molecule has 4 heteroatoms. The molecule has 0 N–H and O–H groups in total. The van der Waals surface area contributed by atoms with Gasteiger partial charge in [0.1, 0.15) is 5.03 Å². The van der Waals surface area contributed by atoms with E-state index in [9.17, 15) is 0 Å². The fourth-order valence-electron chi connectivity index (χ4n) is 1.88. The summed E-state index contributed by atoms with van der Waals surface area (Å²) in [5, 5.41) is 1.72. The van der Waals surface area contributed by atoms with E-state index in [1.807, 2.05) is 12.3 Å². The number of halogens is 2. The SMILES string of the molecule is Clc1cc(Br)cnc1SCC1CCCC1. The molecule has 1 aromatic heterocycles. The summed E-state index contributed by atoms with van der Waals surface area (Å²) in [6, 6.07) is 1.91. The molecule has 1 saturated carbocycles. The lowest BCUT2D eigenvalue weighted by atomic mass is 10.1. The second kappa shape index (κ2) is 5.55. The first-order valence-electron chi connectivity index (χ1n) is 5.19. The molecule has 1 aromatic rings. The molecule has 0 radical (unpaired) electrons. The summed E-state index contributed by atoms with van der Waals surface area (Å²) < 4.78 is 0.942. The van der Waals surface area contributed by atoms with Gasteiger partial charge in [-0.15, -0.1) is 11.8 Å². The fraction of sp³-hybridized carbons (Fsp3) is 0.545. The van der Waals surface area contributed by atoms with E-state index in [4.69, 9.17) is 11.6 Å². The van der Waals surface area contributed by atoms with Crippen molar-refractivity contribution in [1.82, 2.24) is 4.98 Å². The molecular formula is C11H13BrClNS. The average molecular weight is 307 g/mol. The van der Waals surface area contributed by atoms with Crippen LogP contribution in [0.3, 0.4) is 0 Å². The summed E-state index contributed by atoms with van der Waals surface area (Å²) in [5.41, 5.74) is 0. The highest BCUT2D eigenvalue weighted by Crippen LogP contribution is 2.33. The molecule has 1 fully saturated rings. The quantitative estimate of drug-likeness (QED) is 0.745. The summed E-state index contributed by atoms with van der Waals surface area (Å²) in [5.74, 6) is 2.03. The van der Waals surface area contributed by atoms with Crippen LogP contribution in [0.5, 0.6) is 0 Å². The fourth-order valence-corrected chi connectivity index (χ4v) is 3.73. The molecule has 0 aromatic carbocycles. The number of hydrogen-bond acceptors (Lipinski definition) is 2. The van der Waals surface area contributed by atoms with E-state index < -0.39 is 0 Å². The lowest BCUT2D eigenvalue weighted by Crippen LogP contribution is -1.97. The monoisotopic (exact) mass is 305 g/mol. The summed E-state index contributed by atoms with van der Waals surface area (Å²) in [6.07, 6.45) is 7.35. The van der Waals surface area contributed by atoms with E-state index in [0.29, 0.717) is 0 Å². The van der Waals surface area contributed by atoms with Crippen molar-refractivity contribution >= 4 is 39.3 Å². The first-order valence-corrected chi connectivity index (χ1v) is 7.35. The normalized spacial score (nSPS) is 17.2. The van der Waals surface area contributed by atoms with Gasteiger partial charge in [0, 0.05) is 16.4 Å². The van der Waals surface area contributed by atoms with E-state index in [1.54, 1.807) is 11.8 Å². The molecule has 1 aliphatic rings. The molecule has 0 bridgehead atoms. The second-order valence-corrected chi connectivity index (χ2v) is 6.23. The van der Waals surface area contributed by atoms with Crippen LogP contribution in [-0.4, -0.2) is 10.7 Å². The molecule has 0 saturated heterocycles. The van der Waals surface area contributed by atoms with E-state index in [0.717, 1.165) is 26.2 Å². The molecule has 82 valence electrons. The molecular weight excluding hydrogens is 294 g/mol.